The van der Waals surface area contributed by atoms with Crippen molar-refractivity contribution in [1.82, 2.24) is 25.2 Å². The summed E-state index contributed by atoms with van der Waals surface area (Å²) >= 11 is 0. The van der Waals surface area contributed by atoms with Gasteiger partial charge in [-0.05, 0) is 18.2 Å². The molecule has 0 radical (unpaired) electrons. The topological polar surface area (TPSA) is 79.8 Å². The van der Waals surface area contributed by atoms with Crippen LogP contribution in [0.4, 0.5) is 0 Å². The van der Waals surface area contributed by atoms with Crippen molar-refractivity contribution in [3.63, 3.8) is 0 Å². The summed E-state index contributed by atoms with van der Waals surface area (Å²) in [5, 5.41) is 10.7. The number of furan rings is 1. The lowest BCUT2D eigenvalue weighted by Crippen LogP contribution is -2.36. The van der Waals surface area contributed by atoms with Crippen LogP contribution in [0.15, 0.2) is 52.3 Å². The molecule has 3 rings (SSSR count). The molecule has 108 valence electrons. The van der Waals surface area contributed by atoms with Crippen molar-refractivity contribution in [2.24, 2.45) is 4.99 Å². The van der Waals surface area contributed by atoms with Gasteiger partial charge >= 0.3 is 0 Å². The zero-order valence-electron chi connectivity index (χ0n) is 11.7. The van der Waals surface area contributed by atoms with Gasteiger partial charge in [0.15, 0.2) is 11.6 Å². The van der Waals surface area contributed by atoms with E-state index in [1.54, 1.807) is 30.2 Å². The van der Waals surface area contributed by atoms with E-state index in [0.717, 1.165) is 17.1 Å². The van der Waals surface area contributed by atoms with Gasteiger partial charge in [-0.15, -0.1) is 0 Å². The lowest BCUT2D eigenvalue weighted by Gasteiger charge is -2.11. The highest BCUT2D eigenvalue weighted by Crippen LogP contribution is 2.03. The summed E-state index contributed by atoms with van der Waals surface area (Å²) in [4.78, 5) is 8.41. The van der Waals surface area contributed by atoms with Crippen molar-refractivity contribution in [3.05, 3.63) is 54.4 Å². The van der Waals surface area contributed by atoms with Crippen LogP contribution >= 0.6 is 0 Å². The molecule has 0 aromatic carbocycles. The van der Waals surface area contributed by atoms with Crippen LogP contribution in [0.2, 0.25) is 0 Å². The van der Waals surface area contributed by atoms with Gasteiger partial charge in [0.2, 0.25) is 0 Å². The van der Waals surface area contributed by atoms with Crippen molar-refractivity contribution in [2.75, 3.05) is 7.05 Å². The SMILES string of the molecule is CN=C(NCc1ccco1)NCc1ccnc2ccnn12. The van der Waals surface area contributed by atoms with Crippen LogP contribution in [0.3, 0.4) is 0 Å². The number of hydrogen-bond donors (Lipinski definition) is 2. The van der Waals surface area contributed by atoms with Gasteiger partial charge in [-0.1, -0.05) is 0 Å². The minimum atomic E-state index is 0.584. The maximum absolute atomic E-state index is 5.27. The van der Waals surface area contributed by atoms with Crippen LogP contribution in [-0.4, -0.2) is 27.6 Å². The fraction of sp³-hybridized carbons (Fsp3) is 0.214. The van der Waals surface area contributed by atoms with Gasteiger partial charge < -0.3 is 15.1 Å². The first kappa shape index (κ1) is 13.2. The predicted octanol–water partition coefficient (Wildman–Crippen LogP) is 1.19. The molecule has 0 aliphatic heterocycles. The molecule has 7 heteroatoms. The third-order valence-electron chi connectivity index (χ3n) is 3.04. The Balaban J connectivity index is 1.61. The Labute approximate surface area is 121 Å². The third-order valence-corrected chi connectivity index (χ3v) is 3.04. The Bertz CT molecular complexity index is 731. The smallest absolute Gasteiger partial charge is 0.191 e. The zero-order chi connectivity index (χ0) is 14.5. The molecule has 0 amide bonds. The lowest BCUT2D eigenvalue weighted by molar-refractivity contribution is 0.501. The van der Waals surface area contributed by atoms with Crippen LogP contribution < -0.4 is 10.6 Å². The number of aliphatic imine (C=N–C) groups is 1. The summed E-state index contributed by atoms with van der Waals surface area (Å²) in [6, 6.07) is 7.56. The zero-order valence-corrected chi connectivity index (χ0v) is 11.7. The molecular formula is C14H16N6O. The fourth-order valence-electron chi connectivity index (χ4n) is 2.00. The Morgan fingerprint density at radius 1 is 1.24 bits per heavy atom. The molecule has 0 atom stereocenters. The number of nitrogens with zero attached hydrogens (tertiary/aromatic N) is 4. The quantitative estimate of drug-likeness (QED) is 0.555. The first-order chi connectivity index (χ1) is 10.4. The molecular weight excluding hydrogens is 268 g/mol. The molecule has 3 heterocycles. The number of guanidine groups is 1. The van der Waals surface area contributed by atoms with Crippen LogP contribution in [0.25, 0.3) is 5.65 Å². The van der Waals surface area contributed by atoms with E-state index in [4.69, 9.17) is 4.42 Å². The summed E-state index contributed by atoms with van der Waals surface area (Å²) in [5.74, 6) is 1.56. The number of rotatable bonds is 4. The van der Waals surface area contributed by atoms with Crippen LogP contribution in [0.1, 0.15) is 11.5 Å². The molecule has 3 aromatic heterocycles. The average molecular weight is 284 g/mol. The molecule has 2 N–H and O–H groups in total. The third kappa shape index (κ3) is 3.02. The highest BCUT2D eigenvalue weighted by atomic mass is 16.3. The first-order valence-electron chi connectivity index (χ1n) is 6.61. The minimum Gasteiger partial charge on any atom is -0.467 e. The van der Waals surface area contributed by atoms with E-state index < -0.39 is 0 Å². The molecule has 0 fully saturated rings. The summed E-state index contributed by atoms with van der Waals surface area (Å²) < 4.78 is 7.07. The van der Waals surface area contributed by atoms with E-state index in [2.05, 4.69) is 25.7 Å². The van der Waals surface area contributed by atoms with Gasteiger partial charge in [-0.3, -0.25) is 4.99 Å². The van der Waals surface area contributed by atoms with Crippen molar-refractivity contribution in [1.29, 1.82) is 0 Å². The highest BCUT2D eigenvalue weighted by molar-refractivity contribution is 5.79. The molecule has 21 heavy (non-hydrogen) atoms. The number of nitrogens with one attached hydrogen (secondary N) is 2. The normalized spacial score (nSPS) is 11.8. The molecule has 0 aliphatic carbocycles. The summed E-state index contributed by atoms with van der Waals surface area (Å²) in [6.07, 6.45) is 5.15. The van der Waals surface area contributed by atoms with Gasteiger partial charge in [0, 0.05) is 19.3 Å². The molecule has 3 aromatic rings. The van der Waals surface area contributed by atoms with Crippen molar-refractivity contribution in [3.8, 4) is 0 Å². The first-order valence-corrected chi connectivity index (χ1v) is 6.61. The van der Waals surface area contributed by atoms with Gasteiger partial charge in [0.05, 0.1) is 31.2 Å². The van der Waals surface area contributed by atoms with Crippen LogP contribution in [-0.2, 0) is 13.1 Å². The largest absolute Gasteiger partial charge is 0.467 e. The Morgan fingerprint density at radius 3 is 2.95 bits per heavy atom. The van der Waals surface area contributed by atoms with Crippen molar-refractivity contribution < 1.29 is 4.42 Å². The van der Waals surface area contributed by atoms with E-state index >= 15 is 0 Å². The van der Waals surface area contributed by atoms with Crippen molar-refractivity contribution in [2.45, 2.75) is 13.1 Å². The molecule has 7 nitrogen and oxygen atoms in total. The fourth-order valence-corrected chi connectivity index (χ4v) is 2.00. The molecule has 0 bridgehead atoms. The van der Waals surface area contributed by atoms with Crippen molar-refractivity contribution >= 4 is 11.6 Å². The summed E-state index contributed by atoms with van der Waals surface area (Å²) in [6.45, 7) is 1.18. The lowest BCUT2D eigenvalue weighted by atomic mass is 10.4. The highest BCUT2D eigenvalue weighted by Gasteiger charge is 2.04. The second-order valence-corrected chi connectivity index (χ2v) is 4.40. The van der Waals surface area contributed by atoms with Gasteiger partial charge in [0.25, 0.3) is 0 Å². The predicted molar refractivity (Wildman–Crippen MR) is 78.7 cm³/mol. The molecule has 0 spiro atoms. The van der Waals surface area contributed by atoms with E-state index in [0.29, 0.717) is 19.0 Å². The average Bonchev–Trinajstić information content (AvgIpc) is 3.18. The molecule has 0 unspecified atom stereocenters. The van der Waals surface area contributed by atoms with E-state index in [1.807, 2.05) is 24.3 Å². The minimum absolute atomic E-state index is 0.584. The second-order valence-electron chi connectivity index (χ2n) is 4.40. The monoisotopic (exact) mass is 284 g/mol. The Morgan fingerprint density at radius 2 is 2.14 bits per heavy atom. The number of aromatic nitrogens is 3. The maximum atomic E-state index is 5.27. The van der Waals surface area contributed by atoms with E-state index in [-0.39, 0.29) is 0 Å². The number of hydrogen-bond acceptors (Lipinski definition) is 4. The van der Waals surface area contributed by atoms with E-state index in [9.17, 15) is 0 Å². The number of fused-ring (bicyclic) bond motifs is 1. The molecule has 0 saturated carbocycles. The maximum Gasteiger partial charge on any atom is 0.191 e. The Hall–Kier alpha value is -2.83. The van der Waals surface area contributed by atoms with Gasteiger partial charge in [0.1, 0.15) is 5.76 Å². The standard InChI is InChI=1S/C14H16N6O/c1-15-14(18-10-12-3-2-8-21-12)17-9-11-4-6-16-13-5-7-19-20(11)13/h2-8H,9-10H2,1H3,(H2,15,17,18). The van der Waals surface area contributed by atoms with Crippen LogP contribution in [0.5, 0.6) is 0 Å². The summed E-state index contributed by atoms with van der Waals surface area (Å²) in [7, 11) is 1.73. The summed E-state index contributed by atoms with van der Waals surface area (Å²) in [5.41, 5.74) is 1.83. The van der Waals surface area contributed by atoms with Gasteiger partial charge in [-0.25, -0.2) is 9.50 Å². The van der Waals surface area contributed by atoms with E-state index in [1.165, 1.54) is 0 Å². The van der Waals surface area contributed by atoms with Crippen LogP contribution in [0, 0.1) is 0 Å². The van der Waals surface area contributed by atoms with Gasteiger partial charge in [-0.2, -0.15) is 5.10 Å². The molecule has 0 saturated heterocycles. The molecule has 0 aliphatic rings. The second kappa shape index (κ2) is 6.08. The Kier molecular flexibility index (Phi) is 3.81.